The molecule has 1 N–H and O–H groups in total. The number of rotatable bonds is 5. The van der Waals surface area contributed by atoms with Crippen molar-refractivity contribution in [2.75, 3.05) is 19.7 Å². The van der Waals surface area contributed by atoms with E-state index in [1.807, 2.05) is 0 Å². The summed E-state index contributed by atoms with van der Waals surface area (Å²) in [7, 11) is -3.47. The number of likely N-dealkylation sites (N-methyl/N-ethyl adjacent to an activating group) is 1. The second-order valence-electron chi connectivity index (χ2n) is 3.19. The molecule has 0 aromatic carbocycles. The van der Waals surface area contributed by atoms with E-state index in [1.54, 1.807) is 19.9 Å². The summed E-state index contributed by atoms with van der Waals surface area (Å²) >= 11 is 4.66. The molecule has 0 radical (unpaired) electrons. The molecule has 0 fully saturated rings. The van der Waals surface area contributed by atoms with Gasteiger partial charge in [0.05, 0.1) is 15.3 Å². The highest BCUT2D eigenvalue weighted by atomic mass is 79.9. The van der Waals surface area contributed by atoms with Crippen molar-refractivity contribution in [3.63, 3.8) is 0 Å². The van der Waals surface area contributed by atoms with Crippen molar-refractivity contribution in [3.05, 3.63) is 14.7 Å². The fourth-order valence-corrected chi connectivity index (χ4v) is 5.21. The Morgan fingerprint density at radius 2 is 2.19 bits per heavy atom. The highest BCUT2D eigenvalue weighted by molar-refractivity contribution is 9.11. The van der Waals surface area contributed by atoms with E-state index in [-0.39, 0.29) is 13.2 Å². The molecule has 0 bridgehead atoms. The first-order chi connectivity index (χ1) is 7.43. The SMILES string of the molecule is CCN(CCO)S(=O)(=O)c1cc(Br)sc1C. The van der Waals surface area contributed by atoms with Gasteiger partial charge >= 0.3 is 0 Å². The molecule has 1 aromatic rings. The molecule has 0 unspecified atom stereocenters. The van der Waals surface area contributed by atoms with Crippen molar-refractivity contribution in [1.82, 2.24) is 4.31 Å². The van der Waals surface area contributed by atoms with Gasteiger partial charge in [0.2, 0.25) is 10.0 Å². The minimum Gasteiger partial charge on any atom is -0.395 e. The van der Waals surface area contributed by atoms with Crippen molar-refractivity contribution in [2.24, 2.45) is 0 Å². The number of thiophene rings is 1. The Kier molecular flexibility index (Phi) is 4.93. The number of aryl methyl sites for hydroxylation is 1. The van der Waals surface area contributed by atoms with Crippen LogP contribution in [-0.2, 0) is 10.0 Å². The monoisotopic (exact) mass is 327 g/mol. The summed E-state index contributed by atoms with van der Waals surface area (Å²) in [6.45, 7) is 3.85. The summed E-state index contributed by atoms with van der Waals surface area (Å²) in [4.78, 5) is 1.07. The second-order valence-corrected chi connectivity index (χ2v) is 7.73. The Balaban J connectivity index is 3.14. The molecule has 16 heavy (non-hydrogen) atoms. The largest absolute Gasteiger partial charge is 0.395 e. The van der Waals surface area contributed by atoms with Crippen molar-refractivity contribution < 1.29 is 13.5 Å². The molecule has 1 rings (SSSR count). The number of aliphatic hydroxyl groups is 1. The highest BCUT2D eigenvalue weighted by Gasteiger charge is 2.25. The van der Waals surface area contributed by atoms with Crippen LogP contribution in [0.3, 0.4) is 0 Å². The van der Waals surface area contributed by atoms with Crippen molar-refractivity contribution in [2.45, 2.75) is 18.7 Å². The van der Waals surface area contributed by atoms with Gasteiger partial charge < -0.3 is 5.11 Å². The third-order valence-electron chi connectivity index (χ3n) is 2.16. The summed E-state index contributed by atoms with van der Waals surface area (Å²) < 4.78 is 26.4. The lowest BCUT2D eigenvalue weighted by Gasteiger charge is -2.18. The van der Waals surface area contributed by atoms with Crippen LogP contribution < -0.4 is 0 Å². The summed E-state index contributed by atoms with van der Waals surface area (Å²) in [5.41, 5.74) is 0. The van der Waals surface area contributed by atoms with Crippen molar-refractivity contribution in [1.29, 1.82) is 0 Å². The molecule has 7 heteroatoms. The minimum absolute atomic E-state index is 0.131. The highest BCUT2D eigenvalue weighted by Crippen LogP contribution is 2.31. The van der Waals surface area contributed by atoms with Gasteiger partial charge in [-0.3, -0.25) is 0 Å². The van der Waals surface area contributed by atoms with Crippen molar-refractivity contribution in [3.8, 4) is 0 Å². The molecular formula is C9H14BrNO3S2. The second kappa shape index (κ2) is 5.59. The third-order valence-corrected chi connectivity index (χ3v) is 5.95. The zero-order valence-corrected chi connectivity index (χ0v) is 12.3. The molecule has 0 aliphatic heterocycles. The summed E-state index contributed by atoms with van der Waals surface area (Å²) in [6, 6.07) is 1.61. The summed E-state index contributed by atoms with van der Waals surface area (Å²) in [5.74, 6) is 0. The molecule has 0 saturated heterocycles. The molecule has 4 nitrogen and oxygen atoms in total. The average Bonchev–Trinajstić information content (AvgIpc) is 2.54. The predicted octanol–water partition coefficient (Wildman–Crippen LogP) is 1.82. The quantitative estimate of drug-likeness (QED) is 0.897. The lowest BCUT2D eigenvalue weighted by atomic mass is 10.5. The molecule has 0 atom stereocenters. The predicted molar refractivity (Wildman–Crippen MR) is 68.3 cm³/mol. The summed E-state index contributed by atoms with van der Waals surface area (Å²) in [5, 5.41) is 8.84. The van der Waals surface area contributed by atoms with E-state index in [9.17, 15) is 8.42 Å². The molecule has 92 valence electrons. The molecule has 1 aromatic heterocycles. The fourth-order valence-electron chi connectivity index (χ4n) is 1.39. The Morgan fingerprint density at radius 1 is 1.56 bits per heavy atom. The first kappa shape index (κ1) is 14.1. The molecule has 0 amide bonds. The van der Waals surface area contributed by atoms with Gasteiger partial charge in [0, 0.05) is 18.0 Å². The van der Waals surface area contributed by atoms with Crippen LogP contribution in [0.5, 0.6) is 0 Å². The van der Waals surface area contributed by atoms with Crippen LogP contribution >= 0.6 is 27.3 Å². The van der Waals surface area contributed by atoms with Gasteiger partial charge in [-0.15, -0.1) is 11.3 Å². The molecule has 0 aliphatic rings. The average molecular weight is 328 g/mol. The molecule has 0 spiro atoms. The zero-order valence-electron chi connectivity index (χ0n) is 9.10. The maximum Gasteiger partial charge on any atom is 0.244 e. The molecule has 0 aliphatic carbocycles. The maximum absolute atomic E-state index is 12.2. The normalized spacial score (nSPS) is 12.3. The van der Waals surface area contributed by atoms with E-state index in [0.29, 0.717) is 11.4 Å². The van der Waals surface area contributed by atoms with E-state index in [0.717, 1.165) is 8.66 Å². The smallest absolute Gasteiger partial charge is 0.244 e. The van der Waals surface area contributed by atoms with Crippen molar-refractivity contribution >= 4 is 37.3 Å². The van der Waals surface area contributed by atoms with Crippen LogP contribution in [0, 0.1) is 6.92 Å². The lowest BCUT2D eigenvalue weighted by Crippen LogP contribution is -2.33. The van der Waals surface area contributed by atoms with E-state index in [2.05, 4.69) is 15.9 Å². The number of aliphatic hydroxyl groups excluding tert-OH is 1. The first-order valence-corrected chi connectivity index (χ1v) is 7.85. The van der Waals surface area contributed by atoms with Crippen LogP contribution in [-0.4, -0.2) is 37.5 Å². The number of halogens is 1. The van der Waals surface area contributed by atoms with Gasteiger partial charge in [0.15, 0.2) is 0 Å². The molecular weight excluding hydrogens is 314 g/mol. The number of nitrogens with zero attached hydrogens (tertiary/aromatic N) is 1. The van der Waals surface area contributed by atoms with Gasteiger partial charge in [-0.05, 0) is 28.9 Å². The van der Waals surface area contributed by atoms with Gasteiger partial charge in [-0.25, -0.2) is 8.42 Å². The van der Waals surface area contributed by atoms with Crippen LogP contribution in [0.2, 0.25) is 0 Å². The van der Waals surface area contributed by atoms with Gasteiger partial charge in [-0.2, -0.15) is 4.31 Å². The van der Waals surface area contributed by atoms with E-state index in [4.69, 9.17) is 5.11 Å². The summed E-state index contributed by atoms with van der Waals surface area (Å²) in [6.07, 6.45) is 0. The third kappa shape index (κ3) is 2.84. The minimum atomic E-state index is -3.47. The van der Waals surface area contributed by atoms with Crippen LogP contribution in [0.4, 0.5) is 0 Å². The van der Waals surface area contributed by atoms with E-state index >= 15 is 0 Å². The Bertz CT molecular complexity index is 455. The van der Waals surface area contributed by atoms with E-state index in [1.165, 1.54) is 15.6 Å². The van der Waals surface area contributed by atoms with Crippen LogP contribution in [0.15, 0.2) is 14.7 Å². The van der Waals surface area contributed by atoms with Gasteiger partial charge in [0.25, 0.3) is 0 Å². The number of sulfonamides is 1. The Labute approximate surface area is 108 Å². The first-order valence-electron chi connectivity index (χ1n) is 4.80. The lowest BCUT2D eigenvalue weighted by molar-refractivity contribution is 0.257. The Hall–Kier alpha value is 0.0500. The number of hydrogen-bond donors (Lipinski definition) is 1. The Morgan fingerprint density at radius 3 is 2.56 bits per heavy atom. The standard InChI is InChI=1S/C9H14BrNO3S2/c1-3-11(4-5-12)16(13,14)8-6-9(10)15-7(8)2/h6,12H,3-5H2,1-2H3. The van der Waals surface area contributed by atoms with Crippen LogP contribution in [0.25, 0.3) is 0 Å². The molecule has 0 saturated carbocycles. The number of hydrogen-bond acceptors (Lipinski definition) is 4. The molecule has 1 heterocycles. The van der Waals surface area contributed by atoms with E-state index < -0.39 is 10.0 Å². The topological polar surface area (TPSA) is 57.6 Å². The zero-order chi connectivity index (χ0) is 12.3. The van der Waals surface area contributed by atoms with Gasteiger partial charge in [0.1, 0.15) is 0 Å². The maximum atomic E-state index is 12.2. The van der Waals surface area contributed by atoms with Crippen LogP contribution in [0.1, 0.15) is 11.8 Å². The van der Waals surface area contributed by atoms with Gasteiger partial charge in [-0.1, -0.05) is 6.92 Å². The fraction of sp³-hybridized carbons (Fsp3) is 0.556.